The first-order chi connectivity index (χ1) is 17.2. The molecule has 0 bridgehead atoms. The van der Waals surface area contributed by atoms with Crippen LogP contribution in [-0.4, -0.2) is 73.2 Å². The monoisotopic (exact) mass is 518 g/mol. The third kappa shape index (κ3) is 4.97. The van der Waals surface area contributed by atoms with Crippen LogP contribution in [0.15, 0.2) is 37.1 Å². The first-order valence-electron chi connectivity index (χ1n) is 11.3. The van der Waals surface area contributed by atoms with E-state index in [0.29, 0.717) is 34.9 Å². The lowest BCUT2D eigenvalue weighted by molar-refractivity contribution is 0.0124. The van der Waals surface area contributed by atoms with E-state index in [1.807, 2.05) is 19.4 Å². The number of aromatic nitrogens is 5. The SMILES string of the molecule is Cc1ncc(C(=O)NCCN2CCC(F)(F)C2)cc1NC(=O)c1cnn2cc(-c3cnn(C)c3)sc12.[HH].[HH]. The van der Waals surface area contributed by atoms with Crippen LogP contribution in [-0.2, 0) is 7.05 Å². The zero-order valence-corrected chi connectivity index (χ0v) is 20.5. The van der Waals surface area contributed by atoms with Crippen molar-refractivity contribution in [1.82, 2.24) is 34.6 Å². The number of hydrogen-bond acceptors (Lipinski definition) is 7. The average Bonchev–Trinajstić information content (AvgIpc) is 3.59. The Hall–Kier alpha value is -3.71. The van der Waals surface area contributed by atoms with Gasteiger partial charge in [0.05, 0.1) is 46.3 Å². The van der Waals surface area contributed by atoms with Gasteiger partial charge in [0.1, 0.15) is 4.83 Å². The number of carbonyl (C=O) groups excluding carboxylic acids is 2. The van der Waals surface area contributed by atoms with Gasteiger partial charge in [-0.2, -0.15) is 10.2 Å². The van der Waals surface area contributed by atoms with Crippen LogP contribution in [0.2, 0.25) is 0 Å². The molecule has 1 aliphatic rings. The summed E-state index contributed by atoms with van der Waals surface area (Å²) >= 11 is 1.42. The largest absolute Gasteiger partial charge is 0.351 e. The van der Waals surface area contributed by atoms with E-state index in [1.165, 1.54) is 23.7 Å². The lowest BCUT2D eigenvalue weighted by Crippen LogP contribution is -2.35. The standard InChI is InChI=1S/C23H24F2N8O2S.2H2/c1-14-18(7-15(8-27-14)20(34)26-4-6-32-5-3-23(24,25)13-32)30-21(35)17-10-29-33-12-19(36-22(17)33)16-9-28-31(2)11-16;;/h7-12H,3-6,13H2,1-2H3,(H,26,34)(H,30,35);2*1H. The molecule has 1 saturated heterocycles. The summed E-state index contributed by atoms with van der Waals surface area (Å²) in [6.07, 6.45) is 8.23. The summed E-state index contributed by atoms with van der Waals surface area (Å²) < 4.78 is 30.0. The van der Waals surface area contributed by atoms with Crippen molar-refractivity contribution in [3.63, 3.8) is 0 Å². The first kappa shape index (κ1) is 24.0. The summed E-state index contributed by atoms with van der Waals surface area (Å²) in [5.41, 5.74) is 2.53. The Morgan fingerprint density at radius 2 is 2.03 bits per heavy atom. The van der Waals surface area contributed by atoms with Crippen molar-refractivity contribution in [1.29, 1.82) is 0 Å². The maximum absolute atomic E-state index is 13.3. The molecule has 0 radical (unpaired) electrons. The molecule has 0 atom stereocenters. The second kappa shape index (κ2) is 9.39. The van der Waals surface area contributed by atoms with E-state index in [1.54, 1.807) is 33.3 Å². The Morgan fingerprint density at radius 3 is 2.75 bits per heavy atom. The van der Waals surface area contributed by atoms with E-state index in [-0.39, 0.29) is 33.8 Å². The minimum atomic E-state index is -2.66. The molecule has 13 heteroatoms. The Bertz CT molecular complexity index is 1450. The molecule has 4 aromatic rings. The van der Waals surface area contributed by atoms with Crippen molar-refractivity contribution in [3.05, 3.63) is 53.9 Å². The molecule has 36 heavy (non-hydrogen) atoms. The van der Waals surface area contributed by atoms with E-state index in [9.17, 15) is 18.4 Å². The van der Waals surface area contributed by atoms with Gasteiger partial charge in [0.15, 0.2) is 0 Å². The second-order valence-electron chi connectivity index (χ2n) is 8.76. The quantitative estimate of drug-likeness (QED) is 0.389. The molecule has 2 N–H and O–H groups in total. The fraction of sp³-hybridized carbons (Fsp3) is 0.348. The molecule has 0 unspecified atom stereocenters. The zero-order valence-electron chi connectivity index (χ0n) is 19.7. The van der Waals surface area contributed by atoms with E-state index in [2.05, 4.69) is 25.8 Å². The van der Waals surface area contributed by atoms with Gasteiger partial charge < -0.3 is 10.6 Å². The minimum absolute atomic E-state index is 0. The van der Waals surface area contributed by atoms with Crippen molar-refractivity contribution < 1.29 is 21.2 Å². The highest BCUT2D eigenvalue weighted by Gasteiger charge is 2.37. The van der Waals surface area contributed by atoms with Gasteiger partial charge in [-0.3, -0.25) is 24.2 Å². The number of pyridine rings is 1. The Balaban J connectivity index is 0.00000200. The molecule has 0 saturated carbocycles. The summed E-state index contributed by atoms with van der Waals surface area (Å²) in [6, 6.07) is 1.55. The number of halogens is 2. The highest BCUT2D eigenvalue weighted by atomic mass is 32.1. The molecule has 5 rings (SSSR count). The van der Waals surface area contributed by atoms with Gasteiger partial charge in [0.2, 0.25) is 0 Å². The molecule has 10 nitrogen and oxygen atoms in total. The van der Waals surface area contributed by atoms with Crippen molar-refractivity contribution in [3.8, 4) is 10.4 Å². The van der Waals surface area contributed by atoms with Crippen molar-refractivity contribution in [2.75, 3.05) is 31.5 Å². The molecule has 4 aromatic heterocycles. The maximum Gasteiger partial charge on any atom is 0.261 e. The number of alkyl halides is 2. The van der Waals surface area contributed by atoms with E-state index in [4.69, 9.17) is 0 Å². The van der Waals surface area contributed by atoms with E-state index in [0.717, 1.165) is 10.4 Å². The fourth-order valence-corrected chi connectivity index (χ4v) is 5.06. The van der Waals surface area contributed by atoms with Gasteiger partial charge in [-0.15, -0.1) is 11.3 Å². The molecule has 0 aromatic carbocycles. The van der Waals surface area contributed by atoms with Crippen LogP contribution in [0.1, 0.15) is 35.7 Å². The van der Waals surface area contributed by atoms with Crippen LogP contribution in [0, 0.1) is 6.92 Å². The number of thiazole rings is 1. The van der Waals surface area contributed by atoms with E-state index < -0.39 is 11.8 Å². The minimum Gasteiger partial charge on any atom is -0.351 e. The summed E-state index contributed by atoms with van der Waals surface area (Å²) in [5, 5.41) is 14.0. The predicted molar refractivity (Wildman–Crippen MR) is 135 cm³/mol. The summed E-state index contributed by atoms with van der Waals surface area (Å²) in [5.74, 6) is -3.43. The topological polar surface area (TPSA) is 109 Å². The predicted octanol–water partition coefficient (Wildman–Crippen LogP) is 3.31. The molecule has 2 amide bonds. The Labute approximate surface area is 211 Å². The molecule has 1 fully saturated rings. The smallest absolute Gasteiger partial charge is 0.261 e. The third-order valence-corrected chi connectivity index (χ3v) is 7.15. The van der Waals surface area contributed by atoms with Crippen LogP contribution < -0.4 is 10.6 Å². The number of nitrogens with zero attached hydrogens (tertiary/aromatic N) is 6. The zero-order chi connectivity index (χ0) is 25.4. The molecular weight excluding hydrogens is 490 g/mol. The van der Waals surface area contributed by atoms with Crippen molar-refractivity contribution >= 4 is 33.7 Å². The Kier molecular flexibility index (Phi) is 6.26. The summed E-state index contributed by atoms with van der Waals surface area (Å²) in [4.78, 5) is 33.1. The lowest BCUT2D eigenvalue weighted by Gasteiger charge is -2.16. The number of rotatable bonds is 7. The number of hydrogen-bond donors (Lipinski definition) is 2. The van der Waals surface area contributed by atoms with Crippen molar-refractivity contribution in [2.45, 2.75) is 19.3 Å². The van der Waals surface area contributed by atoms with Gasteiger partial charge in [0, 0.05) is 60.1 Å². The molecule has 5 heterocycles. The highest BCUT2D eigenvalue weighted by molar-refractivity contribution is 7.21. The number of carbonyl (C=O) groups is 2. The second-order valence-corrected chi connectivity index (χ2v) is 9.79. The van der Waals surface area contributed by atoms with Gasteiger partial charge in [-0.1, -0.05) is 0 Å². The molecular formula is C23H28F2N8O2S. The van der Waals surface area contributed by atoms with Crippen LogP contribution >= 0.6 is 11.3 Å². The lowest BCUT2D eigenvalue weighted by atomic mass is 10.2. The van der Waals surface area contributed by atoms with Crippen LogP contribution in [0.5, 0.6) is 0 Å². The molecule has 0 spiro atoms. The average molecular weight is 519 g/mol. The highest BCUT2D eigenvalue weighted by Crippen LogP contribution is 2.30. The van der Waals surface area contributed by atoms with E-state index >= 15 is 0 Å². The molecule has 192 valence electrons. The fourth-order valence-electron chi connectivity index (χ4n) is 4.02. The van der Waals surface area contributed by atoms with Gasteiger partial charge >= 0.3 is 0 Å². The summed E-state index contributed by atoms with van der Waals surface area (Å²) in [6.45, 7) is 2.31. The van der Waals surface area contributed by atoms with Gasteiger partial charge in [-0.25, -0.2) is 13.3 Å². The number of aryl methyl sites for hydroxylation is 2. The van der Waals surface area contributed by atoms with Crippen molar-refractivity contribution in [2.24, 2.45) is 7.05 Å². The number of amides is 2. The number of likely N-dealkylation sites (tertiary alicyclic amines) is 1. The van der Waals surface area contributed by atoms with Crippen LogP contribution in [0.4, 0.5) is 14.5 Å². The third-order valence-electron chi connectivity index (χ3n) is 5.99. The first-order valence-corrected chi connectivity index (χ1v) is 12.1. The maximum atomic E-state index is 13.3. The normalized spacial score (nSPS) is 15.4. The van der Waals surface area contributed by atoms with Crippen LogP contribution in [0.3, 0.4) is 0 Å². The van der Waals surface area contributed by atoms with Gasteiger partial charge in [-0.05, 0) is 13.0 Å². The number of anilines is 1. The summed E-state index contributed by atoms with van der Waals surface area (Å²) in [7, 11) is 1.83. The molecule has 1 aliphatic heterocycles. The molecule has 0 aliphatic carbocycles. The van der Waals surface area contributed by atoms with Gasteiger partial charge in [0.25, 0.3) is 17.7 Å². The van der Waals surface area contributed by atoms with Crippen LogP contribution in [0.25, 0.3) is 15.3 Å². The Morgan fingerprint density at radius 1 is 1.19 bits per heavy atom. The number of nitrogens with one attached hydrogen (secondary N) is 2. The number of fused-ring (bicyclic) bond motifs is 1.